The molecule has 2 aromatic carbocycles. The maximum atomic E-state index is 5.80. The second kappa shape index (κ2) is 3.46. The third-order valence-electron chi connectivity index (χ3n) is 2.78. The van der Waals surface area contributed by atoms with E-state index in [0.29, 0.717) is 0 Å². The van der Waals surface area contributed by atoms with Crippen molar-refractivity contribution in [3.05, 3.63) is 47.5 Å². The summed E-state index contributed by atoms with van der Waals surface area (Å²) in [5, 5.41) is 0. The van der Waals surface area contributed by atoms with Gasteiger partial charge in [0.1, 0.15) is 0 Å². The van der Waals surface area contributed by atoms with Gasteiger partial charge in [-0.05, 0) is 47.9 Å². The maximum absolute atomic E-state index is 5.80. The van der Waals surface area contributed by atoms with Gasteiger partial charge in [-0.2, -0.15) is 0 Å². The highest BCUT2D eigenvalue weighted by atomic mass is 32.2. The van der Waals surface area contributed by atoms with Gasteiger partial charge in [-0.15, -0.1) is 0 Å². The molecule has 0 unspecified atom stereocenters. The fourth-order valence-corrected chi connectivity index (χ4v) is 3.07. The summed E-state index contributed by atoms with van der Waals surface area (Å²) in [4.78, 5) is 2.55. The molecular formula is C13H12N2S. The normalized spacial score (nSPS) is 13.0. The topological polar surface area (TPSA) is 52.0 Å². The molecule has 3 rings (SSSR count). The molecule has 0 aliphatic carbocycles. The van der Waals surface area contributed by atoms with Crippen LogP contribution in [-0.2, 0) is 6.42 Å². The quantitative estimate of drug-likeness (QED) is 0.582. The van der Waals surface area contributed by atoms with E-state index in [1.807, 2.05) is 18.2 Å². The molecule has 2 nitrogen and oxygen atoms in total. The van der Waals surface area contributed by atoms with Crippen LogP contribution in [0.3, 0.4) is 0 Å². The molecule has 1 heterocycles. The summed E-state index contributed by atoms with van der Waals surface area (Å²) in [6.45, 7) is 0. The predicted octanol–water partition coefficient (Wildman–Crippen LogP) is 2.91. The van der Waals surface area contributed by atoms with Gasteiger partial charge < -0.3 is 11.5 Å². The first kappa shape index (κ1) is 9.60. The predicted molar refractivity (Wildman–Crippen MR) is 68.6 cm³/mol. The number of nitrogen functional groups attached to an aromatic ring is 2. The molecular weight excluding hydrogens is 216 g/mol. The summed E-state index contributed by atoms with van der Waals surface area (Å²) in [5.41, 5.74) is 15.9. The van der Waals surface area contributed by atoms with Crippen LogP contribution in [0.1, 0.15) is 11.1 Å². The molecule has 0 aromatic heterocycles. The SMILES string of the molecule is Nc1ccc2c(c1)Cc1ccc(N)cc1S2. The molecule has 4 N–H and O–H groups in total. The molecule has 0 amide bonds. The maximum Gasteiger partial charge on any atom is 0.0325 e. The molecule has 0 bridgehead atoms. The van der Waals surface area contributed by atoms with E-state index >= 15 is 0 Å². The van der Waals surface area contributed by atoms with Crippen molar-refractivity contribution in [2.75, 3.05) is 11.5 Å². The van der Waals surface area contributed by atoms with Crippen molar-refractivity contribution in [3.63, 3.8) is 0 Å². The Bertz CT molecular complexity index is 512. The monoisotopic (exact) mass is 228 g/mol. The average molecular weight is 228 g/mol. The van der Waals surface area contributed by atoms with Crippen molar-refractivity contribution < 1.29 is 0 Å². The summed E-state index contributed by atoms with van der Waals surface area (Å²) in [7, 11) is 0. The van der Waals surface area contributed by atoms with Gasteiger partial charge in [0.25, 0.3) is 0 Å². The first-order chi connectivity index (χ1) is 7.72. The minimum absolute atomic E-state index is 0.824. The van der Waals surface area contributed by atoms with E-state index in [1.54, 1.807) is 11.8 Å². The van der Waals surface area contributed by atoms with Crippen LogP contribution in [0.15, 0.2) is 46.2 Å². The van der Waals surface area contributed by atoms with E-state index in [1.165, 1.54) is 20.9 Å². The third kappa shape index (κ3) is 1.53. The van der Waals surface area contributed by atoms with Crippen LogP contribution >= 0.6 is 11.8 Å². The molecule has 0 saturated heterocycles. The summed E-state index contributed by atoms with van der Waals surface area (Å²) < 4.78 is 0. The lowest BCUT2D eigenvalue weighted by atomic mass is 10.0. The van der Waals surface area contributed by atoms with E-state index in [4.69, 9.17) is 11.5 Å². The van der Waals surface area contributed by atoms with E-state index in [-0.39, 0.29) is 0 Å². The Labute approximate surface area is 98.7 Å². The van der Waals surface area contributed by atoms with Crippen LogP contribution in [0.4, 0.5) is 11.4 Å². The van der Waals surface area contributed by atoms with Gasteiger partial charge in [-0.1, -0.05) is 17.8 Å². The fraction of sp³-hybridized carbons (Fsp3) is 0.0769. The second-order valence-electron chi connectivity index (χ2n) is 4.01. The van der Waals surface area contributed by atoms with Gasteiger partial charge in [0, 0.05) is 21.2 Å². The van der Waals surface area contributed by atoms with Crippen LogP contribution in [0.25, 0.3) is 0 Å². The Kier molecular flexibility index (Phi) is 2.07. The van der Waals surface area contributed by atoms with Crippen molar-refractivity contribution in [1.29, 1.82) is 0 Å². The smallest absolute Gasteiger partial charge is 0.0325 e. The Morgan fingerprint density at radius 2 is 1.56 bits per heavy atom. The van der Waals surface area contributed by atoms with Crippen LogP contribution in [0, 0.1) is 0 Å². The molecule has 2 aromatic rings. The summed E-state index contributed by atoms with van der Waals surface area (Å²) in [5.74, 6) is 0. The molecule has 1 aliphatic rings. The first-order valence-corrected chi connectivity index (χ1v) is 5.99. The van der Waals surface area contributed by atoms with Crippen LogP contribution in [-0.4, -0.2) is 0 Å². The van der Waals surface area contributed by atoms with Gasteiger partial charge in [-0.25, -0.2) is 0 Å². The highest BCUT2D eigenvalue weighted by Gasteiger charge is 2.15. The third-order valence-corrected chi connectivity index (χ3v) is 3.99. The largest absolute Gasteiger partial charge is 0.399 e. The molecule has 1 aliphatic heterocycles. The summed E-state index contributed by atoms with van der Waals surface area (Å²) in [6.07, 6.45) is 0.947. The molecule has 0 atom stereocenters. The minimum Gasteiger partial charge on any atom is -0.399 e. The van der Waals surface area contributed by atoms with E-state index in [2.05, 4.69) is 18.2 Å². The van der Waals surface area contributed by atoms with E-state index in [9.17, 15) is 0 Å². The second-order valence-corrected chi connectivity index (χ2v) is 5.10. The van der Waals surface area contributed by atoms with E-state index in [0.717, 1.165) is 17.8 Å². The number of anilines is 2. The number of nitrogens with two attached hydrogens (primary N) is 2. The zero-order chi connectivity index (χ0) is 11.1. The van der Waals surface area contributed by atoms with Crippen molar-refractivity contribution in [2.24, 2.45) is 0 Å². The first-order valence-electron chi connectivity index (χ1n) is 5.17. The number of hydrogen-bond acceptors (Lipinski definition) is 3. The zero-order valence-electron chi connectivity index (χ0n) is 8.73. The Hall–Kier alpha value is -1.61. The van der Waals surface area contributed by atoms with Gasteiger partial charge in [-0.3, -0.25) is 0 Å². The number of rotatable bonds is 0. The highest BCUT2D eigenvalue weighted by Crippen LogP contribution is 2.40. The van der Waals surface area contributed by atoms with Gasteiger partial charge >= 0.3 is 0 Å². The summed E-state index contributed by atoms with van der Waals surface area (Å²) in [6, 6.07) is 12.2. The van der Waals surface area contributed by atoms with Crippen molar-refractivity contribution in [3.8, 4) is 0 Å². The van der Waals surface area contributed by atoms with Crippen LogP contribution in [0.5, 0.6) is 0 Å². The Balaban J connectivity index is 2.09. The Morgan fingerprint density at radius 3 is 2.44 bits per heavy atom. The standard InChI is InChI=1S/C13H12N2S/c14-10-3-4-12-9(6-10)5-8-1-2-11(15)7-13(8)16-12/h1-4,6-7H,5,14-15H2. The molecule has 3 heteroatoms. The van der Waals surface area contributed by atoms with Crippen LogP contribution in [0.2, 0.25) is 0 Å². The van der Waals surface area contributed by atoms with Gasteiger partial charge in [0.15, 0.2) is 0 Å². The molecule has 80 valence electrons. The number of hydrogen-bond donors (Lipinski definition) is 2. The van der Waals surface area contributed by atoms with Crippen molar-refractivity contribution in [1.82, 2.24) is 0 Å². The lowest BCUT2D eigenvalue weighted by molar-refractivity contribution is 1.06. The van der Waals surface area contributed by atoms with Gasteiger partial charge in [0.2, 0.25) is 0 Å². The van der Waals surface area contributed by atoms with Crippen molar-refractivity contribution in [2.45, 2.75) is 16.2 Å². The molecule has 16 heavy (non-hydrogen) atoms. The fourth-order valence-electron chi connectivity index (χ4n) is 1.97. The molecule has 0 fully saturated rings. The van der Waals surface area contributed by atoms with Crippen LogP contribution < -0.4 is 11.5 Å². The Morgan fingerprint density at radius 1 is 0.812 bits per heavy atom. The minimum atomic E-state index is 0.824. The molecule has 0 spiro atoms. The lowest BCUT2D eigenvalue weighted by Gasteiger charge is -2.19. The van der Waals surface area contributed by atoms with E-state index < -0.39 is 0 Å². The van der Waals surface area contributed by atoms with Crippen molar-refractivity contribution >= 4 is 23.1 Å². The number of fused-ring (bicyclic) bond motifs is 2. The lowest BCUT2D eigenvalue weighted by Crippen LogP contribution is -2.01. The highest BCUT2D eigenvalue weighted by molar-refractivity contribution is 7.99. The molecule has 0 saturated carbocycles. The summed E-state index contributed by atoms with van der Waals surface area (Å²) >= 11 is 1.77. The zero-order valence-corrected chi connectivity index (χ0v) is 9.55. The molecule has 0 radical (unpaired) electrons. The number of benzene rings is 2. The average Bonchev–Trinajstić information content (AvgIpc) is 2.26. The van der Waals surface area contributed by atoms with Gasteiger partial charge in [0.05, 0.1) is 0 Å².